The third-order valence-electron chi connectivity index (χ3n) is 5.89. The number of nitrogens with one attached hydrogen (secondary N) is 1. The van der Waals surface area contributed by atoms with Crippen LogP contribution in [0.1, 0.15) is 29.8 Å². The smallest absolute Gasteiger partial charge is 0.326 e. The number of fused-ring (bicyclic) bond motifs is 1. The van der Waals surface area contributed by atoms with E-state index in [0.717, 1.165) is 36.8 Å². The number of hydrogen-bond donors (Lipinski definition) is 2. The highest BCUT2D eigenvalue weighted by Gasteiger charge is 2.49. The van der Waals surface area contributed by atoms with E-state index in [1.165, 1.54) is 0 Å². The molecule has 1 aromatic carbocycles. The third-order valence-corrected chi connectivity index (χ3v) is 5.89. The average molecular weight is 341 g/mol. The molecule has 2 saturated heterocycles. The minimum atomic E-state index is -0.900. The highest BCUT2D eigenvalue weighted by atomic mass is 16.4. The number of carbonyl (C=O) groups excluding carboxylic acids is 1. The highest BCUT2D eigenvalue weighted by molar-refractivity contribution is 6.00. The molecule has 132 valence electrons. The van der Waals surface area contributed by atoms with Crippen molar-refractivity contribution < 1.29 is 14.7 Å². The SMILES string of the molecule is Cn1c(C(=O)N2CC3(CCNCC3)C[C@@H]2C(=O)O)cc2ccccc21. The molecule has 2 fully saturated rings. The Morgan fingerprint density at radius 1 is 1.24 bits per heavy atom. The average Bonchev–Trinajstić information content (AvgIpc) is 3.14. The Bertz CT molecular complexity index is 836. The first-order valence-corrected chi connectivity index (χ1v) is 8.80. The molecule has 0 bridgehead atoms. The largest absolute Gasteiger partial charge is 0.480 e. The van der Waals surface area contributed by atoms with E-state index in [2.05, 4.69) is 5.32 Å². The van der Waals surface area contributed by atoms with Gasteiger partial charge in [-0.1, -0.05) is 18.2 Å². The fourth-order valence-corrected chi connectivity index (χ4v) is 4.45. The van der Waals surface area contributed by atoms with Gasteiger partial charge in [0.05, 0.1) is 0 Å². The molecule has 2 N–H and O–H groups in total. The molecule has 6 heteroatoms. The van der Waals surface area contributed by atoms with Crippen molar-refractivity contribution in [2.24, 2.45) is 12.5 Å². The summed E-state index contributed by atoms with van der Waals surface area (Å²) in [5.41, 5.74) is 1.47. The van der Waals surface area contributed by atoms with E-state index in [-0.39, 0.29) is 11.3 Å². The Kier molecular flexibility index (Phi) is 3.80. The Labute approximate surface area is 146 Å². The van der Waals surface area contributed by atoms with E-state index in [9.17, 15) is 14.7 Å². The maximum atomic E-state index is 13.2. The molecule has 1 atom stereocenters. The first kappa shape index (κ1) is 16.1. The molecule has 3 heterocycles. The molecule has 2 aromatic rings. The van der Waals surface area contributed by atoms with Gasteiger partial charge in [0.25, 0.3) is 5.91 Å². The molecule has 0 radical (unpaired) electrons. The van der Waals surface area contributed by atoms with Crippen LogP contribution in [0.25, 0.3) is 10.9 Å². The number of amides is 1. The van der Waals surface area contributed by atoms with Crippen LogP contribution < -0.4 is 5.32 Å². The van der Waals surface area contributed by atoms with Crippen LogP contribution in [0, 0.1) is 5.41 Å². The fourth-order valence-electron chi connectivity index (χ4n) is 4.45. The molecular formula is C19H23N3O3. The van der Waals surface area contributed by atoms with Gasteiger partial charge in [0.15, 0.2) is 0 Å². The van der Waals surface area contributed by atoms with E-state index >= 15 is 0 Å². The predicted molar refractivity (Wildman–Crippen MR) is 94.5 cm³/mol. The van der Waals surface area contributed by atoms with Crippen molar-refractivity contribution in [3.63, 3.8) is 0 Å². The zero-order chi connectivity index (χ0) is 17.6. The summed E-state index contributed by atoms with van der Waals surface area (Å²) in [7, 11) is 1.86. The molecule has 4 rings (SSSR count). The number of nitrogens with zero attached hydrogens (tertiary/aromatic N) is 2. The zero-order valence-corrected chi connectivity index (χ0v) is 14.4. The van der Waals surface area contributed by atoms with Gasteiger partial charge in [0, 0.05) is 24.5 Å². The summed E-state index contributed by atoms with van der Waals surface area (Å²) in [5, 5.41) is 14.0. The molecule has 1 aromatic heterocycles. The number of hydrogen-bond acceptors (Lipinski definition) is 3. The lowest BCUT2D eigenvalue weighted by atomic mass is 9.77. The summed E-state index contributed by atoms with van der Waals surface area (Å²) in [4.78, 5) is 26.6. The van der Waals surface area contributed by atoms with Crippen LogP contribution >= 0.6 is 0 Å². The van der Waals surface area contributed by atoms with Crippen LogP contribution in [0.15, 0.2) is 30.3 Å². The minimum Gasteiger partial charge on any atom is -0.480 e. The topological polar surface area (TPSA) is 74.6 Å². The number of benzene rings is 1. The second kappa shape index (κ2) is 5.88. The normalized spacial score (nSPS) is 22.6. The number of aliphatic carboxylic acids is 1. The Morgan fingerprint density at radius 3 is 2.64 bits per heavy atom. The van der Waals surface area contributed by atoms with Crippen LogP contribution in [0.5, 0.6) is 0 Å². The number of carboxylic acid groups (broad SMARTS) is 1. The van der Waals surface area contributed by atoms with Crippen LogP contribution in [0.4, 0.5) is 0 Å². The number of carbonyl (C=O) groups is 2. The summed E-state index contributed by atoms with van der Waals surface area (Å²) in [5.74, 6) is -1.08. The summed E-state index contributed by atoms with van der Waals surface area (Å²) >= 11 is 0. The fraction of sp³-hybridized carbons (Fsp3) is 0.474. The van der Waals surface area contributed by atoms with Gasteiger partial charge in [-0.15, -0.1) is 0 Å². The molecule has 1 spiro atoms. The Morgan fingerprint density at radius 2 is 1.96 bits per heavy atom. The first-order valence-electron chi connectivity index (χ1n) is 8.80. The van der Waals surface area contributed by atoms with Crippen LogP contribution in [0.2, 0.25) is 0 Å². The maximum Gasteiger partial charge on any atom is 0.326 e. The van der Waals surface area contributed by atoms with Crippen LogP contribution in [0.3, 0.4) is 0 Å². The second-order valence-corrected chi connectivity index (χ2v) is 7.39. The van der Waals surface area contributed by atoms with Crippen molar-refractivity contribution in [1.29, 1.82) is 0 Å². The summed E-state index contributed by atoms with van der Waals surface area (Å²) < 4.78 is 1.87. The zero-order valence-electron chi connectivity index (χ0n) is 14.4. The maximum absolute atomic E-state index is 13.2. The van der Waals surface area contributed by atoms with E-state index in [1.54, 1.807) is 4.90 Å². The van der Waals surface area contributed by atoms with E-state index in [0.29, 0.717) is 18.7 Å². The summed E-state index contributed by atoms with van der Waals surface area (Å²) in [6.07, 6.45) is 2.41. The molecule has 2 aliphatic heterocycles. The number of aromatic nitrogens is 1. The van der Waals surface area contributed by atoms with Gasteiger partial charge in [-0.3, -0.25) is 4.79 Å². The van der Waals surface area contributed by atoms with E-state index in [1.807, 2.05) is 41.9 Å². The number of carboxylic acids is 1. The molecule has 0 aliphatic carbocycles. The molecular weight excluding hydrogens is 318 g/mol. The van der Waals surface area contributed by atoms with Gasteiger partial charge < -0.3 is 19.9 Å². The quantitative estimate of drug-likeness (QED) is 0.874. The van der Waals surface area contributed by atoms with Gasteiger partial charge in [0.2, 0.25) is 0 Å². The molecule has 25 heavy (non-hydrogen) atoms. The van der Waals surface area contributed by atoms with Gasteiger partial charge in [-0.2, -0.15) is 0 Å². The number of aryl methyl sites for hydroxylation is 1. The van der Waals surface area contributed by atoms with Crippen molar-refractivity contribution in [2.75, 3.05) is 19.6 Å². The molecule has 1 amide bonds. The van der Waals surface area contributed by atoms with Crippen molar-refractivity contribution >= 4 is 22.8 Å². The van der Waals surface area contributed by atoms with E-state index < -0.39 is 12.0 Å². The van der Waals surface area contributed by atoms with Crippen LogP contribution in [-0.2, 0) is 11.8 Å². The Hall–Kier alpha value is -2.34. The summed E-state index contributed by atoms with van der Waals surface area (Å²) in [6, 6.07) is 8.96. The molecule has 2 aliphatic rings. The lowest BCUT2D eigenvalue weighted by Crippen LogP contribution is -2.42. The van der Waals surface area contributed by atoms with Gasteiger partial charge >= 0.3 is 5.97 Å². The van der Waals surface area contributed by atoms with E-state index in [4.69, 9.17) is 0 Å². The van der Waals surface area contributed by atoms with Gasteiger partial charge in [-0.25, -0.2) is 4.79 Å². The highest BCUT2D eigenvalue weighted by Crippen LogP contribution is 2.42. The predicted octanol–water partition coefficient (Wildman–Crippen LogP) is 1.85. The third kappa shape index (κ3) is 2.61. The summed E-state index contributed by atoms with van der Waals surface area (Å²) in [6.45, 7) is 2.32. The van der Waals surface area contributed by atoms with Gasteiger partial charge in [-0.05, 0) is 49.9 Å². The van der Waals surface area contributed by atoms with Crippen LogP contribution in [-0.4, -0.2) is 52.1 Å². The molecule has 0 saturated carbocycles. The lowest BCUT2D eigenvalue weighted by molar-refractivity contribution is -0.141. The standard InChI is InChI=1S/C19H23N3O3/c1-21-14-5-3-2-4-13(14)10-15(21)17(23)22-12-19(6-8-20-9-7-19)11-16(22)18(24)25/h2-5,10,16,20H,6-9,11-12H2,1H3,(H,24,25)/t16-/m1/s1. The first-order chi connectivity index (χ1) is 12.0. The second-order valence-electron chi connectivity index (χ2n) is 7.39. The van der Waals surface area contributed by atoms with Crippen molar-refractivity contribution in [3.8, 4) is 0 Å². The monoisotopic (exact) mass is 341 g/mol. The Balaban J connectivity index is 1.69. The molecule has 6 nitrogen and oxygen atoms in total. The van der Waals surface area contributed by atoms with Gasteiger partial charge in [0.1, 0.15) is 11.7 Å². The minimum absolute atomic E-state index is 0.0610. The number of para-hydroxylation sites is 1. The van der Waals surface area contributed by atoms with Crippen molar-refractivity contribution in [3.05, 3.63) is 36.0 Å². The number of piperidine rings is 1. The lowest BCUT2D eigenvalue weighted by Gasteiger charge is -2.33. The van der Waals surface area contributed by atoms with Crippen molar-refractivity contribution in [1.82, 2.24) is 14.8 Å². The molecule has 0 unspecified atom stereocenters. The number of rotatable bonds is 2. The van der Waals surface area contributed by atoms with Crippen molar-refractivity contribution in [2.45, 2.75) is 25.3 Å². The number of likely N-dealkylation sites (tertiary alicyclic amines) is 1.